The first kappa shape index (κ1) is 11.6. The zero-order valence-corrected chi connectivity index (χ0v) is 7.64. The fourth-order valence-corrected chi connectivity index (χ4v) is 0.928. The maximum Gasteiger partial charge on any atom is 0.422 e. The average Bonchev–Trinajstić information content (AvgIpc) is 2.14. The maximum atomic E-state index is 13.0. The van der Waals surface area contributed by atoms with Crippen molar-refractivity contribution in [3.8, 4) is 5.75 Å². The summed E-state index contributed by atoms with van der Waals surface area (Å²) in [7, 11) is 0. The summed E-state index contributed by atoms with van der Waals surface area (Å²) in [6.07, 6.45) is -3.16. The van der Waals surface area contributed by atoms with Crippen molar-refractivity contribution in [1.82, 2.24) is 0 Å². The van der Waals surface area contributed by atoms with Crippen LogP contribution >= 0.6 is 0 Å². The lowest BCUT2D eigenvalue weighted by atomic mass is 10.2. The third-order valence-electron chi connectivity index (χ3n) is 1.59. The van der Waals surface area contributed by atoms with E-state index in [1.165, 1.54) is 18.2 Å². The highest BCUT2D eigenvalue weighted by Gasteiger charge is 2.28. The molecule has 1 aromatic rings. The number of alkyl halides is 3. The van der Waals surface area contributed by atoms with Crippen molar-refractivity contribution in [1.29, 1.82) is 0 Å². The molecule has 0 bridgehead atoms. The molecule has 0 unspecified atom stereocenters. The predicted molar refractivity (Wildman–Crippen MR) is 48.0 cm³/mol. The molecular weight excluding hydrogens is 212 g/mol. The number of hydrogen-bond acceptors (Lipinski definition) is 1. The molecule has 0 aromatic heterocycles. The topological polar surface area (TPSA) is 9.23 Å². The van der Waals surface area contributed by atoms with Gasteiger partial charge in [-0.15, -0.1) is 0 Å². The lowest BCUT2D eigenvalue weighted by molar-refractivity contribution is -0.153. The van der Waals surface area contributed by atoms with E-state index in [-0.39, 0.29) is 11.3 Å². The minimum atomic E-state index is -4.42. The second kappa shape index (κ2) is 4.33. The van der Waals surface area contributed by atoms with E-state index in [1.54, 1.807) is 0 Å². The molecule has 0 saturated carbocycles. The highest BCUT2D eigenvalue weighted by molar-refractivity contribution is 5.49. The zero-order valence-electron chi connectivity index (χ0n) is 7.64. The van der Waals surface area contributed by atoms with E-state index < -0.39 is 18.6 Å². The molecule has 1 aromatic carbocycles. The largest absolute Gasteiger partial charge is 0.484 e. The van der Waals surface area contributed by atoms with Gasteiger partial charge < -0.3 is 4.74 Å². The van der Waals surface area contributed by atoms with Gasteiger partial charge >= 0.3 is 6.18 Å². The van der Waals surface area contributed by atoms with Crippen LogP contribution in [-0.2, 0) is 0 Å². The Morgan fingerprint density at radius 1 is 1.33 bits per heavy atom. The van der Waals surface area contributed by atoms with Crippen LogP contribution in [0.3, 0.4) is 0 Å². The molecule has 0 saturated heterocycles. The van der Waals surface area contributed by atoms with E-state index in [0.29, 0.717) is 0 Å². The van der Waals surface area contributed by atoms with Gasteiger partial charge in [-0.25, -0.2) is 4.39 Å². The Labute approximate surface area is 84.0 Å². The van der Waals surface area contributed by atoms with Gasteiger partial charge in [0.2, 0.25) is 0 Å². The summed E-state index contributed by atoms with van der Waals surface area (Å²) in [5.74, 6) is -0.819. The lowest BCUT2D eigenvalue weighted by Gasteiger charge is -2.09. The van der Waals surface area contributed by atoms with E-state index in [2.05, 4.69) is 11.3 Å². The van der Waals surface area contributed by atoms with Crippen LogP contribution in [0.1, 0.15) is 5.56 Å². The molecule has 0 spiro atoms. The standard InChI is InChI=1S/C10H8F4O/c1-2-7-3-4-8(5-9(7)11)15-6-10(12,13)14/h2-5H,1,6H2. The van der Waals surface area contributed by atoms with Gasteiger partial charge in [0.15, 0.2) is 6.61 Å². The maximum absolute atomic E-state index is 13.0. The van der Waals surface area contributed by atoms with Crippen molar-refractivity contribution in [2.75, 3.05) is 6.61 Å². The second-order valence-electron chi connectivity index (χ2n) is 2.79. The molecule has 5 heteroatoms. The summed E-state index contributed by atoms with van der Waals surface area (Å²) in [4.78, 5) is 0. The molecule has 1 nitrogen and oxygen atoms in total. The van der Waals surface area contributed by atoms with Crippen LogP contribution in [-0.4, -0.2) is 12.8 Å². The smallest absolute Gasteiger partial charge is 0.422 e. The summed E-state index contributed by atoms with van der Waals surface area (Å²) in [6, 6.07) is 3.45. The van der Waals surface area contributed by atoms with Crippen LogP contribution in [0.15, 0.2) is 24.8 Å². The molecule has 82 valence electrons. The van der Waals surface area contributed by atoms with Crippen molar-refractivity contribution in [2.24, 2.45) is 0 Å². The van der Waals surface area contributed by atoms with E-state index in [4.69, 9.17) is 0 Å². The van der Waals surface area contributed by atoms with Crippen molar-refractivity contribution in [3.63, 3.8) is 0 Å². The van der Waals surface area contributed by atoms with E-state index in [9.17, 15) is 17.6 Å². The summed E-state index contributed by atoms with van der Waals surface area (Å²) < 4.78 is 52.6. The van der Waals surface area contributed by atoms with Crippen LogP contribution in [0, 0.1) is 5.82 Å². The molecule has 1 rings (SSSR count). The summed E-state index contributed by atoms with van der Waals surface area (Å²) >= 11 is 0. The third-order valence-corrected chi connectivity index (χ3v) is 1.59. The molecule has 0 radical (unpaired) electrons. The van der Waals surface area contributed by atoms with E-state index in [0.717, 1.165) is 6.07 Å². The molecule has 0 aliphatic carbocycles. The van der Waals surface area contributed by atoms with Crippen molar-refractivity contribution in [2.45, 2.75) is 6.18 Å². The first-order chi connectivity index (χ1) is 6.92. The van der Waals surface area contributed by atoms with Gasteiger partial charge in [-0.3, -0.25) is 0 Å². The van der Waals surface area contributed by atoms with Gasteiger partial charge in [-0.1, -0.05) is 12.7 Å². The molecule has 0 fully saturated rings. The van der Waals surface area contributed by atoms with Crippen molar-refractivity contribution in [3.05, 3.63) is 36.2 Å². The normalized spacial score (nSPS) is 11.2. The van der Waals surface area contributed by atoms with Crippen molar-refractivity contribution < 1.29 is 22.3 Å². The Kier molecular flexibility index (Phi) is 3.34. The Bertz CT molecular complexity index is 357. The molecule has 0 atom stereocenters. The zero-order chi connectivity index (χ0) is 11.5. The van der Waals surface area contributed by atoms with Gasteiger partial charge in [0.25, 0.3) is 0 Å². The average molecular weight is 220 g/mol. The van der Waals surface area contributed by atoms with Gasteiger partial charge in [0.05, 0.1) is 0 Å². The minimum absolute atomic E-state index is 0.157. The first-order valence-corrected chi connectivity index (χ1v) is 4.04. The monoisotopic (exact) mass is 220 g/mol. The molecular formula is C10H8F4O. The van der Waals surface area contributed by atoms with Gasteiger partial charge in [-0.2, -0.15) is 13.2 Å². The van der Waals surface area contributed by atoms with Crippen molar-refractivity contribution >= 4 is 6.08 Å². The summed E-state index contributed by atoms with van der Waals surface area (Å²) in [6.45, 7) is 1.92. The van der Waals surface area contributed by atoms with E-state index in [1.807, 2.05) is 0 Å². The molecule has 0 aliphatic heterocycles. The SMILES string of the molecule is C=Cc1ccc(OCC(F)(F)F)cc1F. The Hall–Kier alpha value is -1.52. The van der Waals surface area contributed by atoms with Crippen LogP contribution in [0.4, 0.5) is 17.6 Å². The third kappa shape index (κ3) is 3.61. The number of rotatable bonds is 3. The van der Waals surface area contributed by atoms with Crippen LogP contribution in [0.25, 0.3) is 6.08 Å². The first-order valence-electron chi connectivity index (χ1n) is 4.04. The highest BCUT2D eigenvalue weighted by Crippen LogP contribution is 2.21. The Morgan fingerprint density at radius 3 is 2.47 bits per heavy atom. The summed E-state index contributed by atoms with van der Waals surface area (Å²) in [5.41, 5.74) is 0.217. The van der Waals surface area contributed by atoms with Gasteiger partial charge in [0, 0.05) is 11.6 Å². The van der Waals surface area contributed by atoms with Crippen LogP contribution in [0.5, 0.6) is 5.75 Å². The highest BCUT2D eigenvalue weighted by atomic mass is 19.4. The second-order valence-corrected chi connectivity index (χ2v) is 2.79. The number of halogens is 4. The fraction of sp³-hybridized carbons (Fsp3) is 0.200. The Balaban J connectivity index is 2.72. The Morgan fingerprint density at radius 2 is 2.00 bits per heavy atom. The van der Waals surface area contributed by atoms with E-state index >= 15 is 0 Å². The molecule has 0 aliphatic rings. The lowest BCUT2D eigenvalue weighted by Crippen LogP contribution is -2.19. The minimum Gasteiger partial charge on any atom is -0.484 e. The number of hydrogen-bond donors (Lipinski definition) is 0. The molecule has 0 amide bonds. The predicted octanol–water partition coefficient (Wildman–Crippen LogP) is 3.41. The van der Waals surface area contributed by atoms with Gasteiger partial charge in [0.1, 0.15) is 11.6 Å². The van der Waals surface area contributed by atoms with Crippen LogP contribution in [0.2, 0.25) is 0 Å². The summed E-state index contributed by atoms with van der Waals surface area (Å²) in [5, 5.41) is 0. The molecule has 15 heavy (non-hydrogen) atoms. The quantitative estimate of drug-likeness (QED) is 0.709. The number of ether oxygens (including phenoxy) is 1. The molecule has 0 heterocycles. The van der Waals surface area contributed by atoms with Gasteiger partial charge in [-0.05, 0) is 12.1 Å². The number of benzene rings is 1. The molecule has 0 N–H and O–H groups in total. The van der Waals surface area contributed by atoms with Crippen LogP contribution < -0.4 is 4.74 Å². The fourth-order valence-electron chi connectivity index (χ4n) is 0.928.